The largest absolute Gasteiger partial charge is 0.313 e. The van der Waals surface area contributed by atoms with Crippen molar-refractivity contribution in [3.63, 3.8) is 0 Å². The minimum absolute atomic E-state index is 0.355. The van der Waals surface area contributed by atoms with Crippen LogP contribution in [-0.4, -0.2) is 7.05 Å². The Kier molecular flexibility index (Phi) is 4.78. The molecule has 0 bridgehead atoms. The molecule has 0 spiro atoms. The molecule has 2 aromatic rings. The molecule has 0 aliphatic rings. The van der Waals surface area contributed by atoms with Crippen molar-refractivity contribution in [3.8, 4) is 0 Å². The fraction of sp³-hybridized carbons (Fsp3) is 0.294. The molecule has 0 heterocycles. The van der Waals surface area contributed by atoms with Crippen LogP contribution in [0.3, 0.4) is 0 Å². The van der Waals surface area contributed by atoms with Crippen LogP contribution in [0.5, 0.6) is 0 Å². The minimum atomic E-state index is 0.355. The zero-order valence-electron chi connectivity index (χ0n) is 11.7. The van der Waals surface area contributed by atoms with Gasteiger partial charge in [0.2, 0.25) is 0 Å². The molecule has 2 rings (SSSR count). The van der Waals surface area contributed by atoms with E-state index in [4.69, 9.17) is 0 Å². The summed E-state index contributed by atoms with van der Waals surface area (Å²) in [5, 5.41) is 3.43. The fourth-order valence-electron chi connectivity index (χ4n) is 2.46. The van der Waals surface area contributed by atoms with Gasteiger partial charge < -0.3 is 5.32 Å². The first-order valence-corrected chi connectivity index (χ1v) is 7.39. The quantitative estimate of drug-likeness (QED) is 0.871. The van der Waals surface area contributed by atoms with Crippen LogP contribution in [0.25, 0.3) is 0 Å². The van der Waals surface area contributed by atoms with E-state index in [1.54, 1.807) is 0 Å². The maximum Gasteiger partial charge on any atom is 0.0358 e. The summed E-state index contributed by atoms with van der Waals surface area (Å²) in [5.41, 5.74) is 5.52. The highest BCUT2D eigenvalue weighted by atomic mass is 79.9. The predicted molar refractivity (Wildman–Crippen MR) is 85.6 cm³/mol. The molecule has 2 heteroatoms. The second kappa shape index (κ2) is 6.36. The predicted octanol–water partition coefficient (Wildman–Crippen LogP) is 4.57. The third-order valence-electron chi connectivity index (χ3n) is 3.67. The molecule has 1 unspecified atom stereocenters. The van der Waals surface area contributed by atoms with Crippen LogP contribution >= 0.6 is 15.9 Å². The average molecular weight is 318 g/mol. The summed E-state index contributed by atoms with van der Waals surface area (Å²) in [6, 6.07) is 15.4. The third kappa shape index (κ3) is 3.46. The molecule has 1 atom stereocenters. The average Bonchev–Trinajstić information content (AvgIpc) is 2.40. The van der Waals surface area contributed by atoms with Crippen molar-refractivity contribution in [3.05, 3.63) is 69.2 Å². The lowest BCUT2D eigenvalue weighted by Crippen LogP contribution is -2.19. The molecule has 0 aromatic heterocycles. The van der Waals surface area contributed by atoms with Crippen LogP contribution in [0.15, 0.2) is 46.9 Å². The molecule has 0 amide bonds. The second-order valence-electron chi connectivity index (χ2n) is 4.97. The molecule has 0 aliphatic heterocycles. The summed E-state index contributed by atoms with van der Waals surface area (Å²) in [4.78, 5) is 0. The van der Waals surface area contributed by atoms with E-state index in [9.17, 15) is 0 Å². The molecule has 0 radical (unpaired) electrons. The second-order valence-corrected chi connectivity index (χ2v) is 5.88. The molecule has 1 N–H and O–H groups in total. The Balaban J connectivity index is 2.26. The van der Waals surface area contributed by atoms with Crippen molar-refractivity contribution in [1.82, 2.24) is 5.32 Å². The maximum atomic E-state index is 3.49. The Bertz CT molecular complexity index is 525. The summed E-state index contributed by atoms with van der Waals surface area (Å²) >= 11 is 3.49. The zero-order chi connectivity index (χ0) is 13.8. The van der Waals surface area contributed by atoms with Crippen LogP contribution in [0.2, 0.25) is 0 Å². The van der Waals surface area contributed by atoms with Crippen LogP contribution in [-0.2, 0) is 6.42 Å². The summed E-state index contributed by atoms with van der Waals surface area (Å²) in [6.45, 7) is 4.38. The lowest BCUT2D eigenvalue weighted by Gasteiger charge is -2.19. The van der Waals surface area contributed by atoms with Crippen LogP contribution in [0, 0.1) is 13.8 Å². The smallest absolute Gasteiger partial charge is 0.0358 e. The van der Waals surface area contributed by atoms with Gasteiger partial charge in [0.15, 0.2) is 0 Å². The standard InChI is InChI=1S/C17H20BrN/c1-12-5-4-6-13(2)16(12)11-17(19-3)14-7-9-15(18)10-8-14/h4-10,17,19H,11H2,1-3H3. The van der Waals surface area contributed by atoms with E-state index in [0.29, 0.717) is 6.04 Å². The van der Waals surface area contributed by atoms with Crippen molar-refractivity contribution in [2.24, 2.45) is 0 Å². The van der Waals surface area contributed by atoms with Gasteiger partial charge in [-0.3, -0.25) is 0 Å². The lowest BCUT2D eigenvalue weighted by molar-refractivity contribution is 0.589. The highest BCUT2D eigenvalue weighted by molar-refractivity contribution is 9.10. The molecule has 19 heavy (non-hydrogen) atoms. The van der Waals surface area contributed by atoms with Gasteiger partial charge in [-0.15, -0.1) is 0 Å². The van der Waals surface area contributed by atoms with E-state index in [2.05, 4.69) is 77.6 Å². The number of halogens is 1. The van der Waals surface area contributed by atoms with Crippen molar-refractivity contribution < 1.29 is 0 Å². The summed E-state index contributed by atoms with van der Waals surface area (Å²) < 4.78 is 1.12. The van der Waals surface area contributed by atoms with Gasteiger partial charge in [-0.2, -0.15) is 0 Å². The number of benzene rings is 2. The van der Waals surface area contributed by atoms with Gasteiger partial charge in [0.1, 0.15) is 0 Å². The summed E-state index contributed by atoms with van der Waals surface area (Å²) in [7, 11) is 2.03. The van der Waals surface area contributed by atoms with Crippen molar-refractivity contribution in [1.29, 1.82) is 0 Å². The van der Waals surface area contributed by atoms with E-state index >= 15 is 0 Å². The third-order valence-corrected chi connectivity index (χ3v) is 4.20. The van der Waals surface area contributed by atoms with Crippen molar-refractivity contribution in [2.45, 2.75) is 26.3 Å². The highest BCUT2D eigenvalue weighted by Gasteiger charge is 2.12. The first-order chi connectivity index (χ1) is 9.11. The van der Waals surface area contributed by atoms with Crippen LogP contribution < -0.4 is 5.32 Å². The number of hydrogen-bond acceptors (Lipinski definition) is 1. The van der Waals surface area contributed by atoms with E-state index in [-0.39, 0.29) is 0 Å². The molecule has 0 aliphatic carbocycles. The maximum absolute atomic E-state index is 3.49. The first kappa shape index (κ1) is 14.3. The Morgan fingerprint density at radius 2 is 1.58 bits per heavy atom. The van der Waals surface area contributed by atoms with Gasteiger partial charge in [-0.25, -0.2) is 0 Å². The van der Waals surface area contributed by atoms with Crippen molar-refractivity contribution >= 4 is 15.9 Å². The molecular weight excluding hydrogens is 298 g/mol. The number of likely N-dealkylation sites (N-methyl/N-ethyl adjacent to an activating group) is 1. The first-order valence-electron chi connectivity index (χ1n) is 6.59. The fourth-order valence-corrected chi connectivity index (χ4v) is 2.72. The number of hydrogen-bond donors (Lipinski definition) is 1. The van der Waals surface area contributed by atoms with E-state index < -0.39 is 0 Å². The number of nitrogens with one attached hydrogen (secondary N) is 1. The van der Waals surface area contributed by atoms with E-state index in [1.165, 1.54) is 22.3 Å². The molecular formula is C17H20BrN. The monoisotopic (exact) mass is 317 g/mol. The minimum Gasteiger partial charge on any atom is -0.313 e. The zero-order valence-corrected chi connectivity index (χ0v) is 13.3. The van der Waals surface area contributed by atoms with Gasteiger partial charge >= 0.3 is 0 Å². The Morgan fingerprint density at radius 3 is 2.11 bits per heavy atom. The van der Waals surface area contributed by atoms with Gasteiger partial charge in [0.05, 0.1) is 0 Å². The normalized spacial score (nSPS) is 12.4. The Morgan fingerprint density at radius 1 is 1.00 bits per heavy atom. The molecule has 1 nitrogen and oxygen atoms in total. The Labute approximate surface area is 124 Å². The molecule has 0 saturated heterocycles. The molecule has 2 aromatic carbocycles. The molecule has 0 saturated carbocycles. The van der Waals surface area contributed by atoms with Crippen molar-refractivity contribution in [2.75, 3.05) is 7.05 Å². The lowest BCUT2D eigenvalue weighted by atomic mass is 9.93. The Hall–Kier alpha value is -1.12. The number of aryl methyl sites for hydroxylation is 2. The number of rotatable bonds is 4. The SMILES string of the molecule is CNC(Cc1c(C)cccc1C)c1ccc(Br)cc1. The molecule has 0 fully saturated rings. The summed E-state index contributed by atoms with van der Waals surface area (Å²) in [6.07, 6.45) is 1.02. The highest BCUT2D eigenvalue weighted by Crippen LogP contribution is 2.24. The van der Waals surface area contributed by atoms with Gasteiger partial charge in [0.25, 0.3) is 0 Å². The van der Waals surface area contributed by atoms with E-state index in [0.717, 1.165) is 10.9 Å². The summed E-state index contributed by atoms with van der Waals surface area (Å²) in [5.74, 6) is 0. The van der Waals surface area contributed by atoms with E-state index in [1.807, 2.05) is 7.05 Å². The van der Waals surface area contributed by atoms with Crippen LogP contribution in [0.1, 0.15) is 28.3 Å². The molecule has 100 valence electrons. The van der Waals surface area contributed by atoms with Gasteiger partial charge in [-0.1, -0.05) is 46.3 Å². The van der Waals surface area contributed by atoms with Crippen LogP contribution in [0.4, 0.5) is 0 Å². The topological polar surface area (TPSA) is 12.0 Å². The van der Waals surface area contributed by atoms with Gasteiger partial charge in [-0.05, 0) is 61.7 Å². The van der Waals surface area contributed by atoms with Gasteiger partial charge in [0, 0.05) is 10.5 Å².